The van der Waals surface area contributed by atoms with Crippen molar-refractivity contribution in [2.24, 2.45) is 0 Å². The van der Waals surface area contributed by atoms with Crippen LogP contribution in [0, 0.1) is 0 Å². The molecule has 1 amide bonds. The Morgan fingerprint density at radius 1 is 1.16 bits per heavy atom. The van der Waals surface area contributed by atoms with Gasteiger partial charge in [-0.05, 0) is 36.2 Å². The van der Waals surface area contributed by atoms with Crippen molar-refractivity contribution in [2.75, 3.05) is 21.2 Å². The first kappa shape index (κ1) is 17.2. The molecular weight excluding hydrogens is 334 g/mol. The predicted molar refractivity (Wildman–Crippen MR) is 104 cm³/mol. The average molecular weight is 355 g/mol. The Labute approximate surface area is 152 Å². The molecule has 0 bridgehead atoms. The van der Waals surface area contributed by atoms with Crippen LogP contribution in [0.4, 0.5) is 0 Å². The second kappa shape index (κ2) is 6.72. The van der Waals surface area contributed by atoms with Gasteiger partial charge in [0.15, 0.2) is 5.11 Å². The first-order chi connectivity index (χ1) is 11.9. The number of amides is 1. The lowest BCUT2D eigenvalue weighted by atomic mass is 9.90. The van der Waals surface area contributed by atoms with Crippen LogP contribution in [-0.2, 0) is 4.79 Å². The van der Waals surface area contributed by atoms with E-state index in [9.17, 15) is 4.79 Å². The number of nitrogens with zero attached hydrogens (tertiary/aromatic N) is 1. The molecule has 130 valence electrons. The quantitative estimate of drug-likeness (QED) is 0.829. The van der Waals surface area contributed by atoms with Crippen molar-refractivity contribution in [1.82, 2.24) is 15.5 Å². The number of thiocarbonyl (C=S) groups is 1. The van der Waals surface area contributed by atoms with E-state index in [1.165, 1.54) is 0 Å². The van der Waals surface area contributed by atoms with Crippen LogP contribution in [0.3, 0.4) is 0 Å². The Morgan fingerprint density at radius 2 is 1.84 bits per heavy atom. The summed E-state index contributed by atoms with van der Waals surface area (Å²) in [7, 11) is 5.15. The highest BCUT2D eigenvalue weighted by atomic mass is 32.1. The van der Waals surface area contributed by atoms with Crippen molar-refractivity contribution in [3.8, 4) is 5.75 Å². The number of allylic oxidation sites excluding steroid dienone is 1. The van der Waals surface area contributed by atoms with Crippen molar-refractivity contribution in [2.45, 2.75) is 13.0 Å². The molecule has 0 saturated carbocycles. The van der Waals surface area contributed by atoms with Crippen LogP contribution in [0.5, 0.6) is 5.75 Å². The lowest BCUT2D eigenvalue weighted by Crippen LogP contribution is -2.46. The average Bonchev–Trinajstić information content (AvgIpc) is 2.59. The fourth-order valence-corrected chi connectivity index (χ4v) is 3.45. The first-order valence-electron chi connectivity index (χ1n) is 7.99. The Bertz CT molecular complexity index is 889. The topological polar surface area (TPSA) is 53.6 Å². The molecule has 2 N–H and O–H groups in total. The molecule has 0 radical (unpaired) electrons. The van der Waals surface area contributed by atoms with E-state index >= 15 is 0 Å². The highest BCUT2D eigenvalue weighted by Gasteiger charge is 2.31. The SMILES string of the molecule is COc1ccc([C@@H]2NC(=S)NC(C)=C2C(=O)N(C)C)c2ccccc12. The number of carbonyl (C=O) groups is 1. The van der Waals surface area contributed by atoms with Gasteiger partial charge in [0.1, 0.15) is 5.75 Å². The van der Waals surface area contributed by atoms with Gasteiger partial charge in [-0.2, -0.15) is 0 Å². The molecule has 5 nitrogen and oxygen atoms in total. The molecule has 0 aliphatic carbocycles. The van der Waals surface area contributed by atoms with E-state index in [4.69, 9.17) is 17.0 Å². The summed E-state index contributed by atoms with van der Waals surface area (Å²) < 4.78 is 5.48. The molecule has 0 aromatic heterocycles. The van der Waals surface area contributed by atoms with E-state index < -0.39 is 0 Å². The number of nitrogens with one attached hydrogen (secondary N) is 2. The Morgan fingerprint density at radius 3 is 2.48 bits per heavy atom. The standard InChI is InChI=1S/C19H21N3O2S/c1-11-16(18(23)22(2)3)17(21-19(25)20-11)14-9-10-15(24-4)13-8-6-5-7-12(13)14/h5-10,17H,1-4H3,(H2,20,21,25)/t17-/m0/s1. The maximum Gasteiger partial charge on any atom is 0.253 e. The largest absolute Gasteiger partial charge is 0.496 e. The van der Waals surface area contributed by atoms with Gasteiger partial charge in [-0.3, -0.25) is 4.79 Å². The van der Waals surface area contributed by atoms with Crippen molar-refractivity contribution in [3.05, 3.63) is 53.2 Å². The van der Waals surface area contributed by atoms with Crippen molar-refractivity contribution in [1.29, 1.82) is 0 Å². The van der Waals surface area contributed by atoms with Crippen LogP contribution in [0.1, 0.15) is 18.5 Å². The summed E-state index contributed by atoms with van der Waals surface area (Å²) in [5.41, 5.74) is 2.42. The van der Waals surface area contributed by atoms with Crippen LogP contribution < -0.4 is 15.4 Å². The van der Waals surface area contributed by atoms with Gasteiger partial charge >= 0.3 is 0 Å². The van der Waals surface area contributed by atoms with Gasteiger partial charge in [-0.25, -0.2) is 0 Å². The lowest BCUT2D eigenvalue weighted by molar-refractivity contribution is -0.125. The first-order valence-corrected chi connectivity index (χ1v) is 8.40. The number of hydrogen-bond acceptors (Lipinski definition) is 3. The van der Waals surface area contributed by atoms with E-state index in [-0.39, 0.29) is 11.9 Å². The summed E-state index contributed by atoms with van der Waals surface area (Å²) >= 11 is 5.33. The zero-order chi connectivity index (χ0) is 18.1. The molecule has 0 unspecified atom stereocenters. The van der Waals surface area contributed by atoms with Gasteiger partial charge in [0.2, 0.25) is 0 Å². The molecule has 0 saturated heterocycles. The molecule has 25 heavy (non-hydrogen) atoms. The number of rotatable bonds is 3. The second-order valence-corrected chi connectivity index (χ2v) is 6.58. The normalized spacial score (nSPS) is 17.1. The maximum atomic E-state index is 12.8. The monoisotopic (exact) mass is 355 g/mol. The number of methoxy groups -OCH3 is 1. The third kappa shape index (κ3) is 3.05. The van der Waals surface area contributed by atoms with E-state index in [0.29, 0.717) is 10.7 Å². The molecule has 0 fully saturated rings. The molecule has 6 heteroatoms. The van der Waals surface area contributed by atoms with E-state index in [1.807, 2.05) is 43.3 Å². The zero-order valence-electron chi connectivity index (χ0n) is 14.7. The third-order valence-corrected chi connectivity index (χ3v) is 4.57. The molecule has 1 aliphatic rings. The van der Waals surface area contributed by atoms with Gasteiger partial charge in [-0.15, -0.1) is 0 Å². The number of hydrogen-bond donors (Lipinski definition) is 2. The van der Waals surface area contributed by atoms with E-state index in [1.54, 1.807) is 26.1 Å². The second-order valence-electron chi connectivity index (χ2n) is 6.17. The summed E-state index contributed by atoms with van der Waals surface area (Å²) in [6, 6.07) is 11.6. The van der Waals surface area contributed by atoms with Gasteiger partial charge < -0.3 is 20.3 Å². The molecule has 1 heterocycles. The zero-order valence-corrected chi connectivity index (χ0v) is 15.5. The summed E-state index contributed by atoms with van der Waals surface area (Å²) in [6.07, 6.45) is 0. The van der Waals surface area contributed by atoms with Crippen molar-refractivity contribution >= 4 is 34.0 Å². The summed E-state index contributed by atoms with van der Waals surface area (Å²) in [6.45, 7) is 1.88. The fraction of sp³-hybridized carbons (Fsp3) is 0.263. The summed E-state index contributed by atoms with van der Waals surface area (Å²) in [5.74, 6) is 0.752. The molecule has 2 aromatic carbocycles. The number of ether oxygens (including phenoxy) is 1. The Kier molecular flexibility index (Phi) is 4.63. The van der Waals surface area contributed by atoms with Gasteiger partial charge in [0.25, 0.3) is 5.91 Å². The van der Waals surface area contributed by atoms with Crippen molar-refractivity contribution < 1.29 is 9.53 Å². The fourth-order valence-electron chi connectivity index (χ4n) is 3.18. The minimum absolute atomic E-state index is 0.0510. The molecule has 0 spiro atoms. The van der Waals surface area contributed by atoms with Crippen LogP contribution in [0.15, 0.2) is 47.7 Å². The van der Waals surface area contributed by atoms with Crippen LogP contribution in [0.25, 0.3) is 10.8 Å². The number of likely N-dealkylation sites (N-methyl/N-ethyl adjacent to an activating group) is 1. The van der Waals surface area contributed by atoms with Gasteiger partial charge in [0, 0.05) is 25.2 Å². The summed E-state index contributed by atoms with van der Waals surface area (Å²) in [4.78, 5) is 14.4. The third-order valence-electron chi connectivity index (χ3n) is 4.35. The van der Waals surface area contributed by atoms with Crippen molar-refractivity contribution in [3.63, 3.8) is 0 Å². The highest BCUT2D eigenvalue weighted by molar-refractivity contribution is 7.80. The van der Waals surface area contributed by atoms with Gasteiger partial charge in [0.05, 0.1) is 18.7 Å². The van der Waals surface area contributed by atoms with E-state index in [2.05, 4.69) is 10.6 Å². The Hall–Kier alpha value is -2.60. The minimum atomic E-state index is -0.320. The maximum absolute atomic E-state index is 12.8. The lowest BCUT2D eigenvalue weighted by Gasteiger charge is -2.32. The van der Waals surface area contributed by atoms with Crippen LogP contribution in [0.2, 0.25) is 0 Å². The molecule has 2 aromatic rings. The minimum Gasteiger partial charge on any atom is -0.496 e. The highest BCUT2D eigenvalue weighted by Crippen LogP contribution is 2.36. The van der Waals surface area contributed by atoms with Crippen LogP contribution >= 0.6 is 12.2 Å². The van der Waals surface area contributed by atoms with Crippen LogP contribution in [-0.4, -0.2) is 37.1 Å². The van der Waals surface area contributed by atoms with Gasteiger partial charge in [-0.1, -0.05) is 30.3 Å². The van der Waals surface area contributed by atoms with E-state index in [0.717, 1.165) is 27.8 Å². The number of fused-ring (bicyclic) bond motifs is 1. The molecule has 3 rings (SSSR count). The summed E-state index contributed by atoms with van der Waals surface area (Å²) in [5, 5.41) is 8.86. The molecular formula is C19H21N3O2S. The predicted octanol–water partition coefficient (Wildman–Crippen LogP) is 2.73. The smallest absolute Gasteiger partial charge is 0.253 e. The molecule has 1 aliphatic heterocycles. The molecule has 1 atom stereocenters. The number of carbonyl (C=O) groups excluding carboxylic acids is 1. The Balaban J connectivity index is 2.23. The number of benzene rings is 2.